The Balaban J connectivity index is 2.63. The van der Waals surface area contributed by atoms with Crippen LogP contribution in [0.3, 0.4) is 0 Å². The maximum absolute atomic E-state index is 12.5. The molecule has 0 fully saturated rings. The first kappa shape index (κ1) is 10.4. The lowest BCUT2D eigenvalue weighted by Crippen LogP contribution is -2.08. The Morgan fingerprint density at radius 1 is 1.27 bits per heavy atom. The fourth-order valence-electron chi connectivity index (χ4n) is 1.53. The van der Waals surface area contributed by atoms with Gasteiger partial charge in [-0.05, 0) is 30.2 Å². The molecular weight excluding hydrogens is 225 g/mol. The number of rotatable bonds is 0. The van der Waals surface area contributed by atoms with Gasteiger partial charge in [-0.15, -0.1) is 0 Å². The van der Waals surface area contributed by atoms with E-state index in [1.807, 2.05) is 0 Å². The third-order valence-electron chi connectivity index (χ3n) is 2.25. The summed E-state index contributed by atoms with van der Waals surface area (Å²) in [6.45, 7) is 1.40. The second-order valence-corrected chi connectivity index (χ2v) is 4.61. The quantitative estimate of drug-likeness (QED) is 0.671. The summed E-state index contributed by atoms with van der Waals surface area (Å²) in [6.07, 6.45) is -2.80. The molecular formula is C10H7F3OS. The van der Waals surface area contributed by atoms with Crippen LogP contribution in [0.1, 0.15) is 16.7 Å². The lowest BCUT2D eigenvalue weighted by atomic mass is 10.0. The van der Waals surface area contributed by atoms with Gasteiger partial charge in [-0.1, -0.05) is 6.07 Å². The monoisotopic (exact) mass is 232 g/mol. The molecule has 0 spiro atoms. The van der Waals surface area contributed by atoms with Gasteiger partial charge >= 0.3 is 6.18 Å². The molecule has 1 aromatic rings. The van der Waals surface area contributed by atoms with Gasteiger partial charge in [0.2, 0.25) is 0 Å². The molecule has 1 nitrogen and oxygen atoms in total. The van der Waals surface area contributed by atoms with E-state index in [2.05, 4.69) is 0 Å². The molecule has 1 aromatic carbocycles. The molecule has 1 unspecified atom stereocenters. The van der Waals surface area contributed by atoms with Crippen LogP contribution in [-0.2, 0) is 17.0 Å². The van der Waals surface area contributed by atoms with E-state index in [1.54, 1.807) is 6.08 Å². The zero-order chi connectivity index (χ0) is 11.2. The van der Waals surface area contributed by atoms with Gasteiger partial charge in [0.25, 0.3) is 0 Å². The van der Waals surface area contributed by atoms with Crippen molar-refractivity contribution in [3.05, 3.63) is 34.2 Å². The summed E-state index contributed by atoms with van der Waals surface area (Å²) in [4.78, 5) is 0.243. The summed E-state index contributed by atoms with van der Waals surface area (Å²) in [7, 11) is -1.43. The number of hydrogen-bond acceptors (Lipinski definition) is 1. The molecule has 1 heterocycles. The summed E-state index contributed by atoms with van der Waals surface area (Å²) < 4.78 is 48.9. The molecule has 1 atom stereocenters. The molecule has 15 heavy (non-hydrogen) atoms. The summed E-state index contributed by atoms with van der Waals surface area (Å²) >= 11 is 0. The van der Waals surface area contributed by atoms with E-state index in [0.29, 0.717) is 5.56 Å². The van der Waals surface area contributed by atoms with E-state index >= 15 is 0 Å². The van der Waals surface area contributed by atoms with E-state index in [0.717, 1.165) is 6.07 Å². The molecule has 1 aliphatic heterocycles. The Labute approximate surface area is 87.1 Å². The Morgan fingerprint density at radius 2 is 1.93 bits per heavy atom. The van der Waals surface area contributed by atoms with E-state index in [4.69, 9.17) is 0 Å². The molecule has 0 aromatic heterocycles. The number of halogens is 3. The van der Waals surface area contributed by atoms with Crippen LogP contribution in [0, 0.1) is 6.92 Å². The van der Waals surface area contributed by atoms with Crippen molar-refractivity contribution in [2.24, 2.45) is 0 Å². The third kappa shape index (κ3) is 1.71. The van der Waals surface area contributed by atoms with Crippen LogP contribution in [0.15, 0.2) is 22.4 Å². The maximum Gasteiger partial charge on any atom is 0.416 e. The topological polar surface area (TPSA) is 17.1 Å². The summed E-state index contributed by atoms with van der Waals surface area (Å²) in [5.74, 6) is 0. The van der Waals surface area contributed by atoms with E-state index in [1.165, 1.54) is 18.4 Å². The highest BCUT2D eigenvalue weighted by Gasteiger charge is 2.33. The number of fused-ring (bicyclic) bond motifs is 1. The average Bonchev–Trinajstić information content (AvgIpc) is 2.44. The molecule has 0 saturated carbocycles. The SMILES string of the molecule is Cc1cc2c(cc1C(F)(F)F)S(=O)C=C2. The van der Waals surface area contributed by atoms with Gasteiger partial charge in [-0.3, -0.25) is 0 Å². The van der Waals surface area contributed by atoms with Crippen LogP contribution in [0.25, 0.3) is 6.08 Å². The van der Waals surface area contributed by atoms with Crippen LogP contribution in [0.2, 0.25) is 0 Å². The van der Waals surface area contributed by atoms with Crippen LogP contribution < -0.4 is 0 Å². The fraction of sp³-hybridized carbons (Fsp3) is 0.200. The zero-order valence-corrected chi connectivity index (χ0v) is 8.58. The van der Waals surface area contributed by atoms with Crippen molar-refractivity contribution in [2.75, 3.05) is 0 Å². The van der Waals surface area contributed by atoms with Crippen molar-refractivity contribution in [1.82, 2.24) is 0 Å². The van der Waals surface area contributed by atoms with Crippen molar-refractivity contribution in [3.8, 4) is 0 Å². The molecule has 0 bridgehead atoms. The van der Waals surface area contributed by atoms with E-state index in [-0.39, 0.29) is 10.5 Å². The molecule has 0 radical (unpaired) electrons. The van der Waals surface area contributed by atoms with E-state index in [9.17, 15) is 17.4 Å². The van der Waals surface area contributed by atoms with Crippen molar-refractivity contribution >= 4 is 16.9 Å². The van der Waals surface area contributed by atoms with Gasteiger partial charge in [0, 0.05) is 5.41 Å². The fourth-order valence-corrected chi connectivity index (χ4v) is 2.54. The standard InChI is InChI=1S/C10H7F3OS/c1-6-4-7-2-3-15(14)9(7)5-8(6)10(11,12)13/h2-5H,1H3. The first-order chi connectivity index (χ1) is 6.89. The Bertz CT molecular complexity index is 474. The maximum atomic E-state index is 12.5. The minimum Gasteiger partial charge on any atom is -0.250 e. The Morgan fingerprint density at radius 3 is 2.53 bits per heavy atom. The van der Waals surface area contributed by atoms with E-state index < -0.39 is 22.5 Å². The van der Waals surface area contributed by atoms with Gasteiger partial charge < -0.3 is 0 Å². The highest BCUT2D eigenvalue weighted by molar-refractivity contribution is 7.88. The lowest BCUT2D eigenvalue weighted by Gasteiger charge is -2.11. The minimum absolute atomic E-state index is 0.157. The molecule has 0 amide bonds. The van der Waals surface area contributed by atoms with Crippen molar-refractivity contribution in [1.29, 1.82) is 0 Å². The number of alkyl halides is 3. The van der Waals surface area contributed by atoms with Crippen LogP contribution in [-0.4, -0.2) is 4.21 Å². The zero-order valence-electron chi connectivity index (χ0n) is 7.76. The Hall–Kier alpha value is -1.10. The minimum atomic E-state index is -4.38. The highest BCUT2D eigenvalue weighted by atomic mass is 32.2. The molecule has 1 aliphatic rings. The van der Waals surface area contributed by atoms with Crippen molar-refractivity contribution in [3.63, 3.8) is 0 Å². The summed E-state index contributed by atoms with van der Waals surface area (Å²) in [5, 5.41) is 1.39. The number of benzene rings is 1. The predicted molar refractivity (Wildman–Crippen MR) is 51.6 cm³/mol. The number of hydrogen-bond donors (Lipinski definition) is 0. The Kier molecular flexibility index (Phi) is 2.22. The van der Waals surface area contributed by atoms with Gasteiger partial charge in [0.1, 0.15) is 0 Å². The summed E-state index contributed by atoms with van der Waals surface area (Å²) in [5.41, 5.74) is 0.0573. The van der Waals surface area contributed by atoms with Crippen LogP contribution >= 0.6 is 0 Å². The molecule has 0 aliphatic carbocycles. The first-order valence-electron chi connectivity index (χ1n) is 4.20. The van der Waals surface area contributed by atoms with Gasteiger partial charge in [0.15, 0.2) is 0 Å². The number of aryl methyl sites for hydroxylation is 1. The largest absolute Gasteiger partial charge is 0.416 e. The summed E-state index contributed by atoms with van der Waals surface area (Å²) in [6, 6.07) is 2.39. The normalized spacial score (nSPS) is 19.3. The third-order valence-corrected chi connectivity index (χ3v) is 3.42. The smallest absolute Gasteiger partial charge is 0.250 e. The van der Waals surface area contributed by atoms with Crippen LogP contribution in [0.5, 0.6) is 0 Å². The molecule has 80 valence electrons. The second-order valence-electron chi connectivity index (χ2n) is 3.30. The molecule has 0 N–H and O–H groups in total. The molecule has 0 saturated heterocycles. The van der Waals surface area contributed by atoms with Crippen molar-refractivity contribution in [2.45, 2.75) is 18.0 Å². The predicted octanol–water partition coefficient (Wildman–Crippen LogP) is 3.11. The highest BCUT2D eigenvalue weighted by Crippen LogP contribution is 2.36. The van der Waals surface area contributed by atoms with Crippen LogP contribution in [0.4, 0.5) is 13.2 Å². The van der Waals surface area contributed by atoms with Crippen molar-refractivity contribution < 1.29 is 17.4 Å². The second kappa shape index (κ2) is 3.20. The lowest BCUT2D eigenvalue weighted by molar-refractivity contribution is -0.138. The molecule has 5 heteroatoms. The van der Waals surface area contributed by atoms with Gasteiger partial charge in [-0.25, -0.2) is 4.21 Å². The van der Waals surface area contributed by atoms with Gasteiger partial charge in [-0.2, -0.15) is 13.2 Å². The average molecular weight is 232 g/mol. The molecule has 2 rings (SSSR count). The van der Waals surface area contributed by atoms with Gasteiger partial charge in [0.05, 0.1) is 21.3 Å². The first-order valence-corrected chi connectivity index (χ1v) is 5.41.